The lowest BCUT2D eigenvalue weighted by atomic mass is 9.90. The van der Waals surface area contributed by atoms with E-state index in [-0.39, 0.29) is 29.9 Å². The van der Waals surface area contributed by atoms with Crippen molar-refractivity contribution < 1.29 is 9.59 Å². The Morgan fingerprint density at radius 3 is 2.25 bits per heavy atom. The Hall–Kier alpha value is -2.04. The summed E-state index contributed by atoms with van der Waals surface area (Å²) < 4.78 is 0. The summed E-state index contributed by atoms with van der Waals surface area (Å²) >= 11 is 0. The highest BCUT2D eigenvalue weighted by molar-refractivity contribution is 5.81. The Kier molecular flexibility index (Phi) is 5.72. The van der Waals surface area contributed by atoms with Crippen LogP contribution in [0.3, 0.4) is 0 Å². The van der Waals surface area contributed by atoms with E-state index in [0.29, 0.717) is 6.54 Å². The number of carbonyl (C=O) groups is 2. The maximum atomic E-state index is 12.1. The maximum absolute atomic E-state index is 12.1. The number of urea groups is 1. The van der Waals surface area contributed by atoms with Crippen LogP contribution in [-0.2, 0) is 11.2 Å². The average molecular weight is 329 g/mol. The number of hydrogen-bond donors (Lipinski definition) is 3. The van der Waals surface area contributed by atoms with E-state index in [1.54, 1.807) is 0 Å². The molecule has 5 heteroatoms. The van der Waals surface area contributed by atoms with E-state index < -0.39 is 0 Å². The summed E-state index contributed by atoms with van der Waals surface area (Å²) in [5.41, 5.74) is 1.21. The van der Waals surface area contributed by atoms with Gasteiger partial charge in [0.05, 0.1) is 6.04 Å². The van der Waals surface area contributed by atoms with Crippen molar-refractivity contribution in [1.82, 2.24) is 16.0 Å². The predicted molar refractivity (Wildman–Crippen MR) is 93.6 cm³/mol. The topological polar surface area (TPSA) is 70.2 Å². The van der Waals surface area contributed by atoms with Gasteiger partial charge in [-0.3, -0.25) is 4.79 Å². The molecule has 2 atom stereocenters. The van der Waals surface area contributed by atoms with Crippen LogP contribution in [-0.4, -0.2) is 30.6 Å². The van der Waals surface area contributed by atoms with E-state index in [9.17, 15) is 9.59 Å². The summed E-state index contributed by atoms with van der Waals surface area (Å²) in [6, 6.07) is 10.1. The largest absolute Gasteiger partial charge is 0.351 e. The van der Waals surface area contributed by atoms with Crippen LogP contribution < -0.4 is 16.0 Å². The van der Waals surface area contributed by atoms with Gasteiger partial charge in [0.2, 0.25) is 5.91 Å². The Bertz CT molecular complexity index is 557. The first-order valence-corrected chi connectivity index (χ1v) is 9.11. The lowest BCUT2D eigenvalue weighted by Gasteiger charge is -2.32. The van der Waals surface area contributed by atoms with Gasteiger partial charge in [-0.05, 0) is 37.7 Å². The molecule has 0 aromatic heterocycles. The molecular weight excluding hydrogens is 302 g/mol. The monoisotopic (exact) mass is 329 g/mol. The number of nitrogens with one attached hydrogen (secondary N) is 3. The van der Waals surface area contributed by atoms with E-state index in [0.717, 1.165) is 44.9 Å². The van der Waals surface area contributed by atoms with Gasteiger partial charge < -0.3 is 16.0 Å². The third-order valence-electron chi connectivity index (χ3n) is 4.90. The minimum Gasteiger partial charge on any atom is -0.351 e. The predicted octanol–water partition coefficient (Wildman–Crippen LogP) is 2.37. The molecule has 0 radical (unpaired) electrons. The molecule has 1 aromatic carbocycles. The first kappa shape index (κ1) is 16.8. The molecule has 0 heterocycles. The summed E-state index contributed by atoms with van der Waals surface area (Å²) in [6.07, 6.45) is 6.94. The molecule has 0 bridgehead atoms. The van der Waals surface area contributed by atoms with E-state index in [4.69, 9.17) is 0 Å². The summed E-state index contributed by atoms with van der Waals surface area (Å²) in [5, 5.41) is 9.12. The number of benzene rings is 1. The standard InChI is InChI=1S/C19H27N3O2/c23-18(15-10-11-15)21-16-8-4-5-9-17(16)22-19(24)20-13-12-14-6-2-1-3-7-14/h1-3,6-7,15-17H,4-5,8-13H2,(H,21,23)(H2,20,22,24). The summed E-state index contributed by atoms with van der Waals surface area (Å²) in [7, 11) is 0. The molecule has 0 spiro atoms. The Labute approximate surface area is 143 Å². The van der Waals surface area contributed by atoms with Gasteiger partial charge in [-0.25, -0.2) is 4.79 Å². The fourth-order valence-corrected chi connectivity index (χ4v) is 3.31. The molecule has 3 N–H and O–H groups in total. The molecule has 3 rings (SSSR count). The minimum atomic E-state index is -0.136. The fraction of sp³-hybridized carbons (Fsp3) is 0.579. The van der Waals surface area contributed by atoms with Crippen molar-refractivity contribution in [3.8, 4) is 0 Å². The molecule has 24 heavy (non-hydrogen) atoms. The molecular formula is C19H27N3O2. The number of rotatable bonds is 6. The van der Waals surface area contributed by atoms with Gasteiger partial charge in [0, 0.05) is 18.5 Å². The van der Waals surface area contributed by atoms with Crippen molar-refractivity contribution in [3.05, 3.63) is 35.9 Å². The highest BCUT2D eigenvalue weighted by Gasteiger charge is 2.34. The molecule has 2 aliphatic rings. The second kappa shape index (κ2) is 8.18. The van der Waals surface area contributed by atoms with Crippen molar-refractivity contribution >= 4 is 11.9 Å². The smallest absolute Gasteiger partial charge is 0.315 e. The normalized spacial score (nSPS) is 23.3. The number of amides is 3. The number of carbonyl (C=O) groups excluding carboxylic acids is 2. The van der Waals surface area contributed by atoms with E-state index in [2.05, 4.69) is 28.1 Å². The Balaban J connectivity index is 1.42. The first-order chi connectivity index (χ1) is 11.7. The zero-order valence-corrected chi connectivity index (χ0v) is 14.1. The van der Waals surface area contributed by atoms with Gasteiger partial charge in [0.1, 0.15) is 0 Å². The van der Waals surface area contributed by atoms with Crippen LogP contribution in [0, 0.1) is 5.92 Å². The summed E-state index contributed by atoms with van der Waals surface area (Å²) in [4.78, 5) is 24.1. The summed E-state index contributed by atoms with van der Waals surface area (Å²) in [6.45, 7) is 0.613. The molecule has 2 saturated carbocycles. The average Bonchev–Trinajstić information content (AvgIpc) is 3.43. The molecule has 2 fully saturated rings. The van der Waals surface area contributed by atoms with Crippen molar-refractivity contribution in [1.29, 1.82) is 0 Å². The molecule has 2 unspecified atom stereocenters. The fourth-order valence-electron chi connectivity index (χ4n) is 3.31. The van der Waals surface area contributed by atoms with Gasteiger partial charge in [0.25, 0.3) is 0 Å². The van der Waals surface area contributed by atoms with Crippen LogP contribution in [0.1, 0.15) is 44.1 Å². The van der Waals surface area contributed by atoms with E-state index in [1.165, 1.54) is 5.56 Å². The van der Waals surface area contributed by atoms with Gasteiger partial charge in [0.15, 0.2) is 0 Å². The molecule has 0 aliphatic heterocycles. The van der Waals surface area contributed by atoms with Crippen molar-refractivity contribution in [2.24, 2.45) is 5.92 Å². The molecule has 3 amide bonds. The van der Waals surface area contributed by atoms with Crippen LogP contribution in [0.2, 0.25) is 0 Å². The zero-order chi connectivity index (χ0) is 16.8. The third kappa shape index (κ3) is 4.98. The summed E-state index contributed by atoms with van der Waals surface area (Å²) in [5.74, 6) is 0.380. The van der Waals surface area contributed by atoms with Crippen LogP contribution >= 0.6 is 0 Å². The van der Waals surface area contributed by atoms with Gasteiger partial charge in [-0.2, -0.15) is 0 Å². The lowest BCUT2D eigenvalue weighted by molar-refractivity contribution is -0.123. The van der Waals surface area contributed by atoms with Gasteiger partial charge in [-0.1, -0.05) is 43.2 Å². The van der Waals surface area contributed by atoms with Crippen molar-refractivity contribution in [3.63, 3.8) is 0 Å². The van der Waals surface area contributed by atoms with Gasteiger partial charge in [-0.15, -0.1) is 0 Å². The van der Waals surface area contributed by atoms with Crippen LogP contribution in [0.25, 0.3) is 0 Å². The molecule has 5 nitrogen and oxygen atoms in total. The van der Waals surface area contributed by atoms with Crippen LogP contribution in [0.5, 0.6) is 0 Å². The molecule has 1 aromatic rings. The maximum Gasteiger partial charge on any atom is 0.315 e. The molecule has 130 valence electrons. The third-order valence-corrected chi connectivity index (χ3v) is 4.90. The zero-order valence-electron chi connectivity index (χ0n) is 14.1. The highest BCUT2D eigenvalue weighted by Crippen LogP contribution is 2.29. The molecule has 2 aliphatic carbocycles. The van der Waals surface area contributed by atoms with Crippen molar-refractivity contribution in [2.45, 2.75) is 57.0 Å². The van der Waals surface area contributed by atoms with Crippen LogP contribution in [0.4, 0.5) is 4.79 Å². The lowest BCUT2D eigenvalue weighted by Crippen LogP contribution is -2.55. The second-order valence-electron chi connectivity index (χ2n) is 6.92. The highest BCUT2D eigenvalue weighted by atomic mass is 16.2. The van der Waals surface area contributed by atoms with Crippen molar-refractivity contribution in [2.75, 3.05) is 6.54 Å². The number of hydrogen-bond acceptors (Lipinski definition) is 2. The van der Waals surface area contributed by atoms with Gasteiger partial charge >= 0.3 is 6.03 Å². The first-order valence-electron chi connectivity index (χ1n) is 9.11. The Morgan fingerprint density at radius 1 is 0.917 bits per heavy atom. The quantitative estimate of drug-likeness (QED) is 0.750. The SMILES string of the molecule is O=C(NCCc1ccccc1)NC1CCCCC1NC(=O)C1CC1. The van der Waals surface area contributed by atoms with Crippen LogP contribution in [0.15, 0.2) is 30.3 Å². The Morgan fingerprint density at radius 2 is 1.58 bits per heavy atom. The van der Waals surface area contributed by atoms with E-state index in [1.807, 2.05) is 18.2 Å². The second-order valence-corrected chi connectivity index (χ2v) is 6.92. The minimum absolute atomic E-state index is 0.0400. The van der Waals surface area contributed by atoms with E-state index >= 15 is 0 Å². The molecule has 0 saturated heterocycles.